The summed E-state index contributed by atoms with van der Waals surface area (Å²) in [5.41, 5.74) is 3.86. The molecule has 0 amide bonds. The van der Waals surface area contributed by atoms with Gasteiger partial charge in [0.1, 0.15) is 12.3 Å². The number of rotatable bonds is 10. The van der Waals surface area contributed by atoms with Gasteiger partial charge in [0, 0.05) is 6.07 Å². The molecule has 0 bridgehead atoms. The zero-order chi connectivity index (χ0) is 26.3. The van der Waals surface area contributed by atoms with Crippen LogP contribution in [0.1, 0.15) is 21.5 Å². The first kappa shape index (κ1) is 26.1. The molecular weight excluding hydrogens is 492 g/mol. The molecule has 0 heterocycles. The maximum absolute atomic E-state index is 11.5. The molecule has 0 spiro atoms. The Morgan fingerprint density at radius 2 is 1.81 bits per heavy atom. The molecule has 0 atom stereocenters. The van der Waals surface area contributed by atoms with Crippen molar-refractivity contribution in [3.63, 3.8) is 0 Å². The molecule has 0 aliphatic rings. The third-order valence-corrected chi connectivity index (χ3v) is 5.76. The van der Waals surface area contributed by atoms with Crippen molar-refractivity contribution < 1.29 is 32.3 Å². The fraction of sp³-hybridized carbons (Fsp3) is 0.130. The van der Waals surface area contributed by atoms with Crippen LogP contribution in [0, 0.1) is 10.1 Å². The monoisotopic (exact) mass is 514 g/mol. The molecule has 0 unspecified atom stereocenters. The number of hydrazone groups is 1. The van der Waals surface area contributed by atoms with Gasteiger partial charge in [-0.05, 0) is 53.6 Å². The second-order valence-electron chi connectivity index (χ2n) is 7.24. The predicted molar refractivity (Wildman–Crippen MR) is 131 cm³/mol. The quantitative estimate of drug-likeness (QED) is 0.178. The minimum absolute atomic E-state index is 0.0196. The number of esters is 1. The van der Waals surface area contributed by atoms with E-state index in [-0.39, 0.29) is 17.2 Å². The van der Waals surface area contributed by atoms with E-state index in [0.29, 0.717) is 22.6 Å². The number of methoxy groups -OCH3 is 2. The van der Waals surface area contributed by atoms with Crippen LogP contribution in [0.15, 0.2) is 70.7 Å². The summed E-state index contributed by atoms with van der Waals surface area (Å²) in [5, 5.41) is 20.3. The number of sulfonamides is 1. The van der Waals surface area contributed by atoms with Crippen molar-refractivity contribution >= 4 is 33.6 Å². The van der Waals surface area contributed by atoms with Crippen molar-refractivity contribution in [2.45, 2.75) is 11.5 Å². The molecule has 0 saturated carbocycles. The average Bonchev–Trinajstić information content (AvgIpc) is 2.87. The fourth-order valence-electron chi connectivity index (χ4n) is 3.01. The third-order valence-electron chi connectivity index (χ3n) is 4.85. The minimum atomic E-state index is -4.10. The largest absolute Gasteiger partial charge is 0.493 e. The second-order valence-corrected chi connectivity index (χ2v) is 8.80. The summed E-state index contributed by atoms with van der Waals surface area (Å²) in [4.78, 5) is 21.7. The number of hydrogen-bond donors (Lipinski definition) is 2. The maximum atomic E-state index is 11.5. The zero-order valence-corrected chi connectivity index (χ0v) is 20.0. The van der Waals surface area contributed by atoms with Crippen molar-refractivity contribution in [3.8, 4) is 11.5 Å². The first-order valence-corrected chi connectivity index (χ1v) is 11.8. The van der Waals surface area contributed by atoms with Crippen LogP contribution in [0.5, 0.6) is 11.5 Å². The number of nitro groups is 1. The van der Waals surface area contributed by atoms with Gasteiger partial charge in [0.05, 0.1) is 35.8 Å². The predicted octanol–water partition coefficient (Wildman–Crippen LogP) is 3.06. The molecular formula is C23H22N4O8S. The highest BCUT2D eigenvalue weighted by Gasteiger charge is 2.18. The number of benzene rings is 3. The second kappa shape index (κ2) is 11.3. The number of nitrogens with two attached hydrogens (primary N) is 1. The number of carbonyl (C=O) groups is 1. The van der Waals surface area contributed by atoms with Crippen molar-refractivity contribution in [1.29, 1.82) is 0 Å². The van der Waals surface area contributed by atoms with E-state index in [1.54, 1.807) is 42.5 Å². The summed E-state index contributed by atoms with van der Waals surface area (Å²) in [6, 6.07) is 15.0. The van der Waals surface area contributed by atoms with E-state index in [2.05, 4.69) is 15.3 Å². The standard InChI is InChI=1S/C23H22N4O8S/c1-33-22-11-16(5-10-21(22)35-14-15-3-6-17(7-4-15)23(28)34-2)13-25-26-19-9-8-18(36(24,31)32)12-20(19)27(29)30/h3-13,26H,14H2,1-2H3,(H2,24,31,32)/b25-13-. The fourth-order valence-corrected chi connectivity index (χ4v) is 3.54. The molecule has 0 aliphatic heterocycles. The molecule has 0 aromatic heterocycles. The minimum Gasteiger partial charge on any atom is -0.493 e. The van der Waals surface area contributed by atoms with Gasteiger partial charge in [-0.1, -0.05) is 12.1 Å². The van der Waals surface area contributed by atoms with Crippen LogP contribution in [0.4, 0.5) is 11.4 Å². The van der Waals surface area contributed by atoms with Gasteiger partial charge in [0.15, 0.2) is 11.5 Å². The molecule has 0 radical (unpaired) electrons. The number of nitro benzene ring substituents is 1. The number of nitrogens with zero attached hydrogens (tertiary/aromatic N) is 2. The molecule has 3 rings (SSSR count). The van der Waals surface area contributed by atoms with Crippen molar-refractivity contribution in [2.75, 3.05) is 19.6 Å². The molecule has 12 nitrogen and oxygen atoms in total. The van der Waals surface area contributed by atoms with E-state index in [1.165, 1.54) is 26.5 Å². The van der Waals surface area contributed by atoms with E-state index >= 15 is 0 Å². The van der Waals surface area contributed by atoms with Crippen LogP contribution in [0.2, 0.25) is 0 Å². The average molecular weight is 515 g/mol. The van der Waals surface area contributed by atoms with Crippen LogP contribution in [-0.2, 0) is 21.4 Å². The Bertz CT molecular complexity index is 1410. The highest BCUT2D eigenvalue weighted by molar-refractivity contribution is 7.89. The number of ether oxygens (including phenoxy) is 3. The molecule has 13 heteroatoms. The Hall–Kier alpha value is -4.49. The molecule has 0 aliphatic carbocycles. The van der Waals surface area contributed by atoms with Gasteiger partial charge >= 0.3 is 5.97 Å². The molecule has 3 aromatic carbocycles. The first-order valence-electron chi connectivity index (χ1n) is 10.2. The van der Waals surface area contributed by atoms with Crippen LogP contribution < -0.4 is 20.0 Å². The first-order chi connectivity index (χ1) is 17.1. The smallest absolute Gasteiger partial charge is 0.337 e. The zero-order valence-electron chi connectivity index (χ0n) is 19.2. The summed E-state index contributed by atoms with van der Waals surface area (Å²) in [7, 11) is -1.31. The Balaban J connectivity index is 1.69. The van der Waals surface area contributed by atoms with Crippen LogP contribution in [-0.4, -0.2) is 39.7 Å². The molecule has 3 N–H and O–H groups in total. The number of anilines is 1. The Labute approximate surface area is 206 Å². The van der Waals surface area contributed by atoms with E-state index in [1.807, 2.05) is 0 Å². The summed E-state index contributed by atoms with van der Waals surface area (Å²) < 4.78 is 38.8. The summed E-state index contributed by atoms with van der Waals surface area (Å²) in [6.45, 7) is 0.227. The number of carbonyl (C=O) groups excluding carboxylic acids is 1. The molecule has 3 aromatic rings. The highest BCUT2D eigenvalue weighted by Crippen LogP contribution is 2.29. The third kappa shape index (κ3) is 6.55. The van der Waals surface area contributed by atoms with Gasteiger partial charge < -0.3 is 14.2 Å². The van der Waals surface area contributed by atoms with Gasteiger partial charge in [0.2, 0.25) is 10.0 Å². The van der Waals surface area contributed by atoms with E-state index < -0.39 is 26.6 Å². The van der Waals surface area contributed by atoms with E-state index in [4.69, 9.17) is 14.6 Å². The molecule has 36 heavy (non-hydrogen) atoms. The number of hydrogen-bond acceptors (Lipinski definition) is 10. The molecule has 0 saturated heterocycles. The van der Waals surface area contributed by atoms with Gasteiger partial charge in [-0.3, -0.25) is 15.5 Å². The van der Waals surface area contributed by atoms with Crippen LogP contribution in [0.3, 0.4) is 0 Å². The number of nitrogens with one attached hydrogen (secondary N) is 1. The van der Waals surface area contributed by atoms with Gasteiger partial charge in [-0.2, -0.15) is 5.10 Å². The maximum Gasteiger partial charge on any atom is 0.337 e. The van der Waals surface area contributed by atoms with Crippen molar-refractivity contribution in [1.82, 2.24) is 0 Å². The topological polar surface area (TPSA) is 172 Å². The summed E-state index contributed by atoms with van der Waals surface area (Å²) in [6.07, 6.45) is 1.40. The lowest BCUT2D eigenvalue weighted by Crippen LogP contribution is -2.12. The Kier molecular flexibility index (Phi) is 8.19. The van der Waals surface area contributed by atoms with Crippen LogP contribution >= 0.6 is 0 Å². The highest BCUT2D eigenvalue weighted by atomic mass is 32.2. The van der Waals surface area contributed by atoms with Crippen LogP contribution in [0.25, 0.3) is 0 Å². The lowest BCUT2D eigenvalue weighted by molar-refractivity contribution is -0.384. The lowest BCUT2D eigenvalue weighted by Gasteiger charge is -2.11. The summed E-state index contributed by atoms with van der Waals surface area (Å²) in [5.74, 6) is 0.466. The molecule has 0 fully saturated rings. The Morgan fingerprint density at radius 1 is 1.08 bits per heavy atom. The van der Waals surface area contributed by atoms with Crippen molar-refractivity contribution in [3.05, 3.63) is 87.5 Å². The molecule has 188 valence electrons. The van der Waals surface area contributed by atoms with Crippen molar-refractivity contribution in [2.24, 2.45) is 10.2 Å². The Morgan fingerprint density at radius 3 is 2.42 bits per heavy atom. The van der Waals surface area contributed by atoms with Gasteiger partial charge in [-0.15, -0.1) is 0 Å². The van der Waals surface area contributed by atoms with Gasteiger partial charge in [-0.25, -0.2) is 18.4 Å². The van der Waals surface area contributed by atoms with E-state index in [0.717, 1.165) is 17.7 Å². The SMILES string of the molecule is COC(=O)c1ccc(COc2ccc(/C=N\Nc3ccc(S(N)(=O)=O)cc3[N+](=O)[O-])cc2OC)cc1. The lowest BCUT2D eigenvalue weighted by atomic mass is 10.1. The number of primary sulfonamides is 1. The van der Waals surface area contributed by atoms with E-state index in [9.17, 15) is 23.3 Å². The normalized spacial score (nSPS) is 11.2. The summed E-state index contributed by atoms with van der Waals surface area (Å²) >= 11 is 0. The van der Waals surface area contributed by atoms with Gasteiger partial charge in [0.25, 0.3) is 5.69 Å².